The summed E-state index contributed by atoms with van der Waals surface area (Å²) >= 11 is 2.30. The molecule has 1 aliphatic heterocycles. The molecule has 100 valence electrons. The summed E-state index contributed by atoms with van der Waals surface area (Å²) in [4.78, 5) is 2.41. The molecule has 1 saturated heterocycles. The van der Waals surface area contributed by atoms with Crippen molar-refractivity contribution in [1.82, 2.24) is 4.90 Å². The molecule has 2 rings (SSSR count). The number of halogens is 1. The molecule has 0 aromatic heterocycles. The van der Waals surface area contributed by atoms with Gasteiger partial charge in [-0.1, -0.05) is 0 Å². The van der Waals surface area contributed by atoms with Gasteiger partial charge in [-0.05, 0) is 60.7 Å². The molecule has 0 saturated carbocycles. The predicted molar refractivity (Wildman–Crippen MR) is 81.1 cm³/mol. The Morgan fingerprint density at radius 3 is 2.44 bits per heavy atom. The number of benzene rings is 1. The Morgan fingerprint density at radius 1 is 1.22 bits per heavy atom. The fraction of sp³-hybridized carbons (Fsp3) is 0.571. The first-order valence-corrected chi connectivity index (χ1v) is 7.47. The van der Waals surface area contributed by atoms with E-state index in [0.29, 0.717) is 12.2 Å². The molecule has 3 nitrogen and oxygen atoms in total. The maximum atomic E-state index is 5.75. The quantitative estimate of drug-likeness (QED) is 0.770. The first kappa shape index (κ1) is 14.1. The van der Waals surface area contributed by atoms with E-state index in [9.17, 15) is 0 Å². The second kappa shape index (κ2) is 6.73. The molecule has 4 heteroatoms. The van der Waals surface area contributed by atoms with Crippen LogP contribution in [0.2, 0.25) is 0 Å². The van der Waals surface area contributed by atoms with Crippen molar-refractivity contribution in [3.63, 3.8) is 0 Å². The highest BCUT2D eigenvalue weighted by molar-refractivity contribution is 14.1. The van der Waals surface area contributed by atoms with Crippen molar-refractivity contribution in [3.8, 4) is 5.75 Å². The average molecular weight is 361 g/mol. The minimum atomic E-state index is 0.326. The lowest BCUT2D eigenvalue weighted by Crippen LogP contribution is -2.46. The third-order valence-corrected chi connectivity index (χ3v) is 3.70. The van der Waals surface area contributed by atoms with Crippen LogP contribution in [0.5, 0.6) is 5.75 Å². The summed E-state index contributed by atoms with van der Waals surface area (Å²) in [5.74, 6) is 0.949. The van der Waals surface area contributed by atoms with Crippen LogP contribution in [-0.4, -0.2) is 43.3 Å². The number of rotatable bonds is 4. The first-order chi connectivity index (χ1) is 8.63. The Hall–Kier alpha value is -0.330. The number of ether oxygens (including phenoxy) is 2. The van der Waals surface area contributed by atoms with E-state index >= 15 is 0 Å². The molecule has 1 aromatic rings. The van der Waals surface area contributed by atoms with E-state index in [-0.39, 0.29) is 0 Å². The van der Waals surface area contributed by atoms with Gasteiger partial charge in [0.2, 0.25) is 0 Å². The van der Waals surface area contributed by atoms with Gasteiger partial charge in [0, 0.05) is 23.2 Å². The van der Waals surface area contributed by atoms with Crippen LogP contribution in [0.4, 0.5) is 0 Å². The van der Waals surface area contributed by atoms with Gasteiger partial charge < -0.3 is 9.47 Å². The SMILES string of the molecule is C[C@@H]1CN(CCOc2ccc(I)cc2)C[C@@H](C)O1. The molecule has 1 fully saturated rings. The molecular formula is C14H20INO2. The molecule has 0 amide bonds. The maximum Gasteiger partial charge on any atom is 0.119 e. The molecule has 0 N–H and O–H groups in total. The Kier molecular flexibility index (Phi) is 5.26. The van der Waals surface area contributed by atoms with Crippen LogP contribution < -0.4 is 4.74 Å². The van der Waals surface area contributed by atoms with Crippen LogP contribution in [0.15, 0.2) is 24.3 Å². The van der Waals surface area contributed by atoms with E-state index in [4.69, 9.17) is 9.47 Å². The van der Waals surface area contributed by atoms with E-state index in [1.165, 1.54) is 3.57 Å². The van der Waals surface area contributed by atoms with E-state index < -0.39 is 0 Å². The number of hydrogen-bond acceptors (Lipinski definition) is 3. The first-order valence-electron chi connectivity index (χ1n) is 6.39. The molecule has 1 heterocycles. The van der Waals surface area contributed by atoms with Crippen LogP contribution >= 0.6 is 22.6 Å². The van der Waals surface area contributed by atoms with Crippen molar-refractivity contribution in [2.75, 3.05) is 26.2 Å². The summed E-state index contributed by atoms with van der Waals surface area (Å²) in [6.07, 6.45) is 0.652. The van der Waals surface area contributed by atoms with Crippen LogP contribution in [0.1, 0.15) is 13.8 Å². The third kappa shape index (κ3) is 4.40. The predicted octanol–water partition coefficient (Wildman–Crippen LogP) is 2.78. The minimum absolute atomic E-state index is 0.326. The van der Waals surface area contributed by atoms with Crippen LogP contribution in [0.3, 0.4) is 0 Å². The van der Waals surface area contributed by atoms with Gasteiger partial charge >= 0.3 is 0 Å². The van der Waals surface area contributed by atoms with Crippen molar-refractivity contribution in [3.05, 3.63) is 27.8 Å². The smallest absolute Gasteiger partial charge is 0.119 e. The van der Waals surface area contributed by atoms with Crippen molar-refractivity contribution in [2.24, 2.45) is 0 Å². The minimum Gasteiger partial charge on any atom is -0.492 e. The largest absolute Gasteiger partial charge is 0.492 e. The standard InChI is InChI=1S/C14H20INO2/c1-11-9-16(10-12(2)18-11)7-8-17-14-5-3-13(15)4-6-14/h3-6,11-12H,7-10H2,1-2H3/t11-,12-/m1/s1. The lowest BCUT2D eigenvalue weighted by Gasteiger charge is -2.35. The fourth-order valence-corrected chi connectivity index (χ4v) is 2.65. The van der Waals surface area contributed by atoms with Crippen molar-refractivity contribution in [1.29, 1.82) is 0 Å². The Morgan fingerprint density at radius 2 is 1.83 bits per heavy atom. The van der Waals surface area contributed by atoms with Gasteiger partial charge in [0.15, 0.2) is 0 Å². The molecule has 18 heavy (non-hydrogen) atoms. The Labute approximate surface area is 123 Å². The molecule has 1 aliphatic rings. The Balaban J connectivity index is 1.73. The van der Waals surface area contributed by atoms with Gasteiger partial charge in [-0.25, -0.2) is 0 Å². The van der Waals surface area contributed by atoms with Crippen molar-refractivity contribution in [2.45, 2.75) is 26.1 Å². The average Bonchev–Trinajstić information content (AvgIpc) is 2.30. The fourth-order valence-electron chi connectivity index (χ4n) is 2.29. The Bertz CT molecular complexity index is 359. The molecule has 0 spiro atoms. The lowest BCUT2D eigenvalue weighted by atomic mass is 10.2. The zero-order chi connectivity index (χ0) is 13.0. The van der Waals surface area contributed by atoms with Gasteiger partial charge in [0.25, 0.3) is 0 Å². The van der Waals surface area contributed by atoms with Crippen LogP contribution in [-0.2, 0) is 4.74 Å². The van der Waals surface area contributed by atoms with Crippen molar-refractivity contribution >= 4 is 22.6 Å². The second-order valence-electron chi connectivity index (χ2n) is 4.82. The van der Waals surface area contributed by atoms with E-state index in [2.05, 4.69) is 53.5 Å². The lowest BCUT2D eigenvalue weighted by molar-refractivity contribution is -0.0699. The van der Waals surface area contributed by atoms with Gasteiger partial charge in [-0.2, -0.15) is 0 Å². The summed E-state index contributed by atoms with van der Waals surface area (Å²) in [5.41, 5.74) is 0. The molecule has 0 unspecified atom stereocenters. The number of morpholine rings is 1. The molecule has 0 radical (unpaired) electrons. The van der Waals surface area contributed by atoms with E-state index in [1.54, 1.807) is 0 Å². The molecule has 2 atom stereocenters. The summed E-state index contributed by atoms with van der Waals surface area (Å²) in [6.45, 7) is 7.95. The summed E-state index contributed by atoms with van der Waals surface area (Å²) in [7, 11) is 0. The zero-order valence-corrected chi connectivity index (χ0v) is 13.1. The zero-order valence-electron chi connectivity index (χ0n) is 10.9. The third-order valence-electron chi connectivity index (χ3n) is 2.99. The van der Waals surface area contributed by atoms with Gasteiger partial charge in [-0.15, -0.1) is 0 Å². The normalized spacial score (nSPS) is 25.1. The topological polar surface area (TPSA) is 21.7 Å². The van der Waals surface area contributed by atoms with Crippen LogP contribution in [0, 0.1) is 3.57 Å². The molecule has 0 aliphatic carbocycles. The number of hydrogen-bond donors (Lipinski definition) is 0. The van der Waals surface area contributed by atoms with Crippen molar-refractivity contribution < 1.29 is 9.47 Å². The summed E-state index contributed by atoms with van der Waals surface area (Å²) in [5, 5.41) is 0. The highest BCUT2D eigenvalue weighted by Crippen LogP contribution is 2.14. The van der Waals surface area contributed by atoms with Gasteiger partial charge in [0.1, 0.15) is 12.4 Å². The highest BCUT2D eigenvalue weighted by atomic mass is 127. The van der Waals surface area contributed by atoms with E-state index in [0.717, 1.165) is 32.0 Å². The van der Waals surface area contributed by atoms with Gasteiger partial charge in [0.05, 0.1) is 12.2 Å². The van der Waals surface area contributed by atoms with Crippen LogP contribution in [0.25, 0.3) is 0 Å². The maximum absolute atomic E-state index is 5.75. The monoisotopic (exact) mass is 361 g/mol. The molecule has 0 bridgehead atoms. The molecule has 1 aromatic carbocycles. The second-order valence-corrected chi connectivity index (χ2v) is 6.06. The van der Waals surface area contributed by atoms with Gasteiger partial charge in [-0.3, -0.25) is 4.90 Å². The summed E-state index contributed by atoms with van der Waals surface area (Å²) < 4.78 is 12.7. The van der Waals surface area contributed by atoms with E-state index in [1.807, 2.05) is 12.1 Å². The number of nitrogens with zero attached hydrogens (tertiary/aromatic N) is 1. The highest BCUT2D eigenvalue weighted by Gasteiger charge is 2.21. The molecular weight excluding hydrogens is 341 g/mol. The summed E-state index contributed by atoms with van der Waals surface area (Å²) in [6, 6.07) is 8.17.